The molecule has 0 aromatic heterocycles. The lowest BCUT2D eigenvalue weighted by atomic mass is 9.47. The first-order valence-corrected chi connectivity index (χ1v) is 17.7. The molecule has 9 heteroatoms. The molecule has 1 heterocycles. The summed E-state index contributed by atoms with van der Waals surface area (Å²) in [6, 6.07) is 7.74. The molecule has 0 bridgehead atoms. The van der Waals surface area contributed by atoms with E-state index >= 15 is 0 Å². The van der Waals surface area contributed by atoms with Gasteiger partial charge in [0.05, 0.1) is 11.8 Å². The number of nitrogens with zero attached hydrogens (tertiary/aromatic N) is 1. The molecule has 5 unspecified atom stereocenters. The van der Waals surface area contributed by atoms with Crippen molar-refractivity contribution in [2.75, 3.05) is 6.61 Å². The van der Waals surface area contributed by atoms with Gasteiger partial charge in [-0.25, -0.2) is 0 Å². The van der Waals surface area contributed by atoms with Crippen molar-refractivity contribution in [3.63, 3.8) is 0 Å². The molecular weight excluding hydrogens is 618 g/mol. The highest BCUT2D eigenvalue weighted by Gasteiger charge is 2.59. The maximum atomic E-state index is 11.6. The first-order chi connectivity index (χ1) is 22.5. The van der Waals surface area contributed by atoms with Gasteiger partial charge in [0.25, 0.3) is 0 Å². The predicted octanol–water partition coefficient (Wildman–Crippen LogP) is 7.97. The van der Waals surface area contributed by atoms with Crippen molar-refractivity contribution in [2.45, 2.75) is 117 Å². The van der Waals surface area contributed by atoms with Crippen molar-refractivity contribution >= 4 is 29.3 Å². The fraction of sp³-hybridized carbons (Fsp3) is 0.658. The second kappa shape index (κ2) is 14.0. The molecule has 3 fully saturated rings. The van der Waals surface area contributed by atoms with E-state index in [2.05, 4.69) is 32.0 Å². The van der Waals surface area contributed by atoms with Crippen molar-refractivity contribution < 1.29 is 33.4 Å². The standard InChI is InChI=1S/C38H50ClNO7/c1-23(40-44-21-26-6-9-28(39)10-7-26)31-12-13-32-30-11-8-27-20-29(16-18-37(27,4)33(30)17-19-38(31,32)5)46-36-15-14-34(45-25(3)42)35(47-36)22-43-24(2)41/h6-10,14-15,29-36H,11-13,16-22H2,1-5H3/b40-23+/t29?,30?,31-,32?,33?,34+,35-,36?,37+,38-/m1/s1. The van der Waals surface area contributed by atoms with Crippen LogP contribution >= 0.6 is 11.6 Å². The Labute approximate surface area is 284 Å². The van der Waals surface area contributed by atoms with Crippen LogP contribution in [-0.4, -0.2) is 48.9 Å². The number of carbonyl (C=O) groups is 2. The van der Waals surface area contributed by atoms with Crippen LogP contribution in [0.25, 0.3) is 0 Å². The third-order valence-electron chi connectivity index (χ3n) is 12.1. The smallest absolute Gasteiger partial charge is 0.303 e. The van der Waals surface area contributed by atoms with Gasteiger partial charge in [-0.2, -0.15) is 0 Å². The second-order valence-corrected chi connectivity index (χ2v) is 15.3. The van der Waals surface area contributed by atoms with E-state index in [9.17, 15) is 9.59 Å². The highest BCUT2D eigenvalue weighted by molar-refractivity contribution is 6.30. The number of allylic oxidation sites excluding steroid dienone is 1. The number of hydrogen-bond acceptors (Lipinski definition) is 8. The van der Waals surface area contributed by atoms with Gasteiger partial charge >= 0.3 is 11.9 Å². The summed E-state index contributed by atoms with van der Waals surface area (Å²) >= 11 is 6.03. The Morgan fingerprint density at radius 1 is 0.979 bits per heavy atom. The summed E-state index contributed by atoms with van der Waals surface area (Å²) in [5, 5.41) is 5.36. The fourth-order valence-corrected chi connectivity index (χ4v) is 9.94. The maximum absolute atomic E-state index is 11.6. The van der Waals surface area contributed by atoms with Gasteiger partial charge in [0.15, 0.2) is 6.29 Å². The van der Waals surface area contributed by atoms with Crippen LogP contribution in [0.15, 0.2) is 53.2 Å². The number of hydrogen-bond donors (Lipinski definition) is 0. The minimum absolute atomic E-state index is 0.00279. The van der Waals surface area contributed by atoms with Gasteiger partial charge in [0.1, 0.15) is 25.4 Å². The van der Waals surface area contributed by atoms with Crippen LogP contribution in [0, 0.1) is 34.5 Å². The van der Waals surface area contributed by atoms with Gasteiger partial charge in [-0.3, -0.25) is 9.59 Å². The van der Waals surface area contributed by atoms with Crippen molar-refractivity contribution in [1.82, 2.24) is 0 Å². The number of carbonyl (C=O) groups excluding carboxylic acids is 2. The molecule has 3 saturated carbocycles. The van der Waals surface area contributed by atoms with E-state index < -0.39 is 30.4 Å². The molecule has 1 aliphatic heterocycles. The van der Waals surface area contributed by atoms with Crippen LogP contribution in [0.1, 0.15) is 91.5 Å². The van der Waals surface area contributed by atoms with E-state index in [0.717, 1.165) is 42.0 Å². The van der Waals surface area contributed by atoms with E-state index in [1.165, 1.54) is 45.1 Å². The SMILES string of the molecule is CC(=O)OC[C@H]1OC(OC2CC[C@@]3(C)C(=CCC4C3CC[C@@]3(C)C4CC[C@@H]3/C(C)=N/OCc3ccc(Cl)cc3)C2)C=C[C@@H]1OC(C)=O. The Morgan fingerprint density at radius 2 is 1.77 bits per heavy atom. The van der Waals surface area contributed by atoms with Crippen molar-refractivity contribution in [3.8, 4) is 0 Å². The van der Waals surface area contributed by atoms with Gasteiger partial charge in [0, 0.05) is 24.8 Å². The Morgan fingerprint density at radius 3 is 2.51 bits per heavy atom. The Kier molecular flexibility index (Phi) is 10.2. The zero-order chi connectivity index (χ0) is 33.3. The van der Waals surface area contributed by atoms with Gasteiger partial charge in [-0.1, -0.05) is 54.4 Å². The molecule has 0 amide bonds. The zero-order valence-electron chi connectivity index (χ0n) is 28.4. The first kappa shape index (κ1) is 34.2. The quantitative estimate of drug-likeness (QED) is 0.114. The Hall–Kier alpha value is -2.68. The predicted molar refractivity (Wildman–Crippen MR) is 179 cm³/mol. The topological polar surface area (TPSA) is 92.7 Å². The number of oxime groups is 1. The summed E-state index contributed by atoms with van der Waals surface area (Å²) in [7, 11) is 0. The number of halogens is 1. The van der Waals surface area contributed by atoms with Crippen LogP contribution in [0.3, 0.4) is 0 Å². The third kappa shape index (κ3) is 7.20. The lowest BCUT2D eigenvalue weighted by molar-refractivity contribution is -0.213. The molecule has 8 nitrogen and oxygen atoms in total. The van der Waals surface area contributed by atoms with Crippen molar-refractivity contribution in [1.29, 1.82) is 0 Å². The van der Waals surface area contributed by atoms with Gasteiger partial charge in [-0.15, -0.1) is 0 Å². The van der Waals surface area contributed by atoms with E-state index in [1.54, 1.807) is 6.08 Å². The van der Waals surface area contributed by atoms with E-state index in [0.29, 0.717) is 30.3 Å². The molecule has 0 N–H and O–H groups in total. The van der Waals surface area contributed by atoms with Crippen molar-refractivity contribution in [2.24, 2.45) is 39.7 Å². The lowest BCUT2D eigenvalue weighted by Crippen LogP contribution is -2.51. The van der Waals surface area contributed by atoms with E-state index in [4.69, 9.17) is 35.4 Å². The highest BCUT2D eigenvalue weighted by Crippen LogP contribution is 2.66. The number of rotatable bonds is 9. The van der Waals surface area contributed by atoms with Crippen LogP contribution in [0.5, 0.6) is 0 Å². The average molecular weight is 668 g/mol. The summed E-state index contributed by atoms with van der Waals surface area (Å²) in [6.45, 7) is 10.3. The summed E-state index contributed by atoms with van der Waals surface area (Å²) in [6.07, 6.45) is 13.4. The molecule has 47 heavy (non-hydrogen) atoms. The monoisotopic (exact) mass is 667 g/mol. The average Bonchev–Trinajstić information content (AvgIpc) is 3.39. The largest absolute Gasteiger partial charge is 0.463 e. The first-order valence-electron chi connectivity index (χ1n) is 17.4. The molecule has 6 rings (SSSR count). The molecule has 0 radical (unpaired) electrons. The molecule has 256 valence electrons. The molecule has 0 saturated heterocycles. The molecule has 1 aromatic rings. The summed E-state index contributed by atoms with van der Waals surface area (Å²) in [5.41, 5.74) is 4.17. The third-order valence-corrected chi connectivity index (χ3v) is 12.4. The molecule has 10 atom stereocenters. The zero-order valence-corrected chi connectivity index (χ0v) is 29.2. The fourth-order valence-electron chi connectivity index (χ4n) is 9.81. The van der Waals surface area contributed by atoms with Crippen LogP contribution in [0.4, 0.5) is 0 Å². The van der Waals surface area contributed by atoms with Gasteiger partial charge in [0.2, 0.25) is 0 Å². The summed E-state index contributed by atoms with van der Waals surface area (Å²) in [5.74, 6) is 1.70. The van der Waals surface area contributed by atoms with Gasteiger partial charge < -0.3 is 23.8 Å². The lowest BCUT2D eigenvalue weighted by Gasteiger charge is -2.58. The Balaban J connectivity index is 1.08. The molecule has 1 aromatic carbocycles. The number of benzene rings is 1. The number of ether oxygens (including phenoxy) is 4. The molecule has 4 aliphatic carbocycles. The number of esters is 2. The van der Waals surface area contributed by atoms with Crippen LogP contribution in [0.2, 0.25) is 5.02 Å². The van der Waals surface area contributed by atoms with E-state index in [1.807, 2.05) is 30.3 Å². The summed E-state index contributed by atoms with van der Waals surface area (Å²) in [4.78, 5) is 28.9. The van der Waals surface area contributed by atoms with Crippen LogP contribution in [-0.2, 0) is 40.0 Å². The second-order valence-electron chi connectivity index (χ2n) is 14.9. The van der Waals surface area contributed by atoms with Crippen molar-refractivity contribution in [3.05, 3.63) is 58.7 Å². The van der Waals surface area contributed by atoms with E-state index in [-0.39, 0.29) is 23.5 Å². The summed E-state index contributed by atoms with van der Waals surface area (Å²) < 4.78 is 23.2. The molecular formula is C38H50ClNO7. The van der Waals surface area contributed by atoms with Crippen LogP contribution < -0.4 is 0 Å². The minimum Gasteiger partial charge on any atom is -0.463 e. The normalized spacial score (nSPS) is 38.0. The Bertz CT molecular complexity index is 1410. The van der Waals surface area contributed by atoms with Gasteiger partial charge in [-0.05, 0) is 117 Å². The maximum Gasteiger partial charge on any atom is 0.303 e. The number of fused-ring (bicyclic) bond motifs is 5. The molecule has 0 spiro atoms. The minimum atomic E-state index is -0.622. The highest BCUT2D eigenvalue weighted by atomic mass is 35.5. The molecule has 5 aliphatic rings.